The summed E-state index contributed by atoms with van der Waals surface area (Å²) in [5, 5.41) is 8.56. The van der Waals surface area contributed by atoms with Crippen LogP contribution in [0, 0.1) is 23.3 Å². The van der Waals surface area contributed by atoms with E-state index in [-0.39, 0.29) is 17.2 Å². The number of hydrogen-bond donors (Lipinski definition) is 2. The number of hydrogen-bond acceptors (Lipinski definition) is 4. The molecule has 1 amide bonds. The Balaban J connectivity index is 2.04. The van der Waals surface area contributed by atoms with Gasteiger partial charge in [-0.3, -0.25) is 10.0 Å². The first-order chi connectivity index (χ1) is 13.2. The van der Waals surface area contributed by atoms with E-state index in [1.165, 1.54) is 17.6 Å². The van der Waals surface area contributed by atoms with Crippen LogP contribution < -0.4 is 5.48 Å². The van der Waals surface area contributed by atoms with Crippen molar-refractivity contribution >= 4 is 15.9 Å². The molecule has 148 valence electrons. The van der Waals surface area contributed by atoms with Crippen molar-refractivity contribution in [3.63, 3.8) is 0 Å². The molecular weight excluding hydrogens is 404 g/mol. The van der Waals surface area contributed by atoms with Crippen molar-refractivity contribution in [2.45, 2.75) is 23.8 Å². The molecule has 0 aromatic heterocycles. The number of rotatable bonds is 6. The van der Waals surface area contributed by atoms with Crippen molar-refractivity contribution in [3.8, 4) is 0 Å². The Bertz CT molecular complexity index is 1070. The Morgan fingerprint density at radius 2 is 1.75 bits per heavy atom. The average Bonchev–Trinajstić information content (AvgIpc) is 3.49. The highest BCUT2D eigenvalue weighted by atomic mass is 32.2. The normalized spacial score (nSPS) is 16.2. The van der Waals surface area contributed by atoms with Crippen molar-refractivity contribution in [2.75, 3.05) is 6.54 Å². The first-order valence-corrected chi connectivity index (χ1v) is 9.33. The molecule has 6 nitrogen and oxygen atoms in total. The highest BCUT2D eigenvalue weighted by Crippen LogP contribution is 2.35. The third kappa shape index (κ3) is 3.66. The smallest absolute Gasteiger partial charge is 0.283 e. The summed E-state index contributed by atoms with van der Waals surface area (Å²) in [6.45, 7) is -0.415. The van der Waals surface area contributed by atoms with E-state index in [1.54, 1.807) is 0 Å². The van der Waals surface area contributed by atoms with Crippen molar-refractivity contribution in [3.05, 3.63) is 64.1 Å². The lowest BCUT2D eigenvalue weighted by Gasteiger charge is -2.22. The summed E-state index contributed by atoms with van der Waals surface area (Å²) in [5.41, 5.74) is 6.38. The molecule has 2 N–H and O–H groups in total. The zero-order valence-corrected chi connectivity index (χ0v) is 14.8. The minimum atomic E-state index is -4.92. The summed E-state index contributed by atoms with van der Waals surface area (Å²) in [4.78, 5) is 9.58. The lowest BCUT2D eigenvalue weighted by Crippen LogP contribution is -2.36. The van der Waals surface area contributed by atoms with Crippen LogP contribution in [0.5, 0.6) is 0 Å². The standard InChI is InChI=1S/C17H12F4N2O4S/c18-12-7-13(19)15(21)16(14(12)20)28(26,27)23(11-5-6-11)8-9-1-3-10(4-2-9)17(24)22-25/h1,3,7,11,25H,5-6,8H2,(H,22,24). The van der Waals surface area contributed by atoms with Crippen LogP contribution in [0.1, 0.15) is 12.8 Å². The number of sulfonamides is 1. The summed E-state index contributed by atoms with van der Waals surface area (Å²) in [5.74, 6) is -8.53. The molecule has 0 unspecified atom stereocenters. The van der Waals surface area contributed by atoms with Crippen LogP contribution in [0.25, 0.3) is 0 Å². The van der Waals surface area contributed by atoms with E-state index >= 15 is 0 Å². The lowest BCUT2D eigenvalue weighted by atomic mass is 10.1. The number of carbonyl (C=O) groups is 1. The SMILES string of the molecule is O=C(NO)C1=C=C=C(CN(C2CC2)S(=O)(=O)c2c(F)c(F)cc(F)c2F)C=C1. The second-order valence-electron chi connectivity index (χ2n) is 6.04. The summed E-state index contributed by atoms with van der Waals surface area (Å²) in [6, 6.07) is -0.678. The fourth-order valence-corrected chi connectivity index (χ4v) is 4.33. The van der Waals surface area contributed by atoms with Gasteiger partial charge in [-0.15, -0.1) is 0 Å². The quantitative estimate of drug-likeness (QED) is 0.244. The largest absolute Gasteiger partial charge is 0.288 e. The number of carbonyl (C=O) groups excluding carboxylic acids is 1. The van der Waals surface area contributed by atoms with Crippen LogP contribution in [0.3, 0.4) is 0 Å². The van der Waals surface area contributed by atoms with Crippen molar-refractivity contribution in [1.82, 2.24) is 9.79 Å². The number of halogens is 4. The maximum atomic E-state index is 14.0. The van der Waals surface area contributed by atoms with Crippen molar-refractivity contribution in [2.24, 2.45) is 0 Å². The van der Waals surface area contributed by atoms with E-state index in [0.29, 0.717) is 12.8 Å². The molecule has 0 aliphatic heterocycles. The number of amides is 1. The Hall–Kier alpha value is -2.68. The molecule has 0 radical (unpaired) electrons. The Kier molecular flexibility index (Phi) is 5.29. The van der Waals surface area contributed by atoms with Gasteiger partial charge >= 0.3 is 0 Å². The van der Waals surface area contributed by atoms with Gasteiger partial charge in [0.05, 0.1) is 5.57 Å². The van der Waals surface area contributed by atoms with Gasteiger partial charge in [-0.1, -0.05) is 11.5 Å². The van der Waals surface area contributed by atoms with E-state index in [9.17, 15) is 30.8 Å². The predicted octanol–water partition coefficient (Wildman–Crippen LogP) is 2.08. The van der Waals surface area contributed by atoms with Gasteiger partial charge < -0.3 is 0 Å². The van der Waals surface area contributed by atoms with Gasteiger partial charge in [0.15, 0.2) is 28.2 Å². The van der Waals surface area contributed by atoms with Gasteiger partial charge in [0, 0.05) is 24.2 Å². The summed E-state index contributed by atoms with van der Waals surface area (Å²) in [7, 11) is -4.92. The van der Waals surface area contributed by atoms with E-state index in [2.05, 4.69) is 11.5 Å². The van der Waals surface area contributed by atoms with Gasteiger partial charge in [0.1, 0.15) is 0 Å². The number of benzene rings is 1. The van der Waals surface area contributed by atoms with Crippen molar-refractivity contribution < 1.29 is 36.0 Å². The highest BCUT2D eigenvalue weighted by Gasteiger charge is 2.42. The third-order valence-electron chi connectivity index (χ3n) is 4.07. The summed E-state index contributed by atoms with van der Waals surface area (Å²) in [6.07, 6.45) is 3.31. The second-order valence-corrected chi connectivity index (χ2v) is 7.87. The molecule has 1 saturated carbocycles. The van der Waals surface area contributed by atoms with Crippen LogP contribution >= 0.6 is 0 Å². The third-order valence-corrected chi connectivity index (χ3v) is 5.99. The van der Waals surface area contributed by atoms with E-state index in [0.717, 1.165) is 4.31 Å². The van der Waals surface area contributed by atoms with Gasteiger partial charge in [0.2, 0.25) is 10.0 Å². The first-order valence-electron chi connectivity index (χ1n) is 7.89. The van der Waals surface area contributed by atoms with Crippen LogP contribution in [-0.4, -0.2) is 36.4 Å². The van der Waals surface area contributed by atoms with E-state index in [1.807, 2.05) is 0 Å². The Morgan fingerprint density at radius 3 is 2.21 bits per heavy atom. The first kappa shape index (κ1) is 20.1. The number of nitrogens with one attached hydrogen (secondary N) is 1. The topological polar surface area (TPSA) is 86.7 Å². The molecule has 1 fully saturated rings. The number of hydroxylamine groups is 1. The molecule has 0 atom stereocenters. The molecule has 2 aliphatic rings. The lowest BCUT2D eigenvalue weighted by molar-refractivity contribution is -0.124. The molecule has 1 aromatic rings. The fourth-order valence-electron chi connectivity index (χ4n) is 2.54. The zero-order chi connectivity index (χ0) is 20.6. The van der Waals surface area contributed by atoms with Crippen LogP contribution in [0.2, 0.25) is 0 Å². The molecule has 0 bridgehead atoms. The van der Waals surface area contributed by atoms with Gasteiger partial charge in [0.25, 0.3) is 5.91 Å². The van der Waals surface area contributed by atoms with Gasteiger partial charge in [-0.25, -0.2) is 31.5 Å². The zero-order valence-electron chi connectivity index (χ0n) is 14.0. The highest BCUT2D eigenvalue weighted by molar-refractivity contribution is 7.89. The van der Waals surface area contributed by atoms with Crippen molar-refractivity contribution in [1.29, 1.82) is 0 Å². The average molecular weight is 416 g/mol. The number of nitrogens with zero attached hydrogens (tertiary/aromatic N) is 1. The molecule has 1 aromatic carbocycles. The fraction of sp³-hybridized carbons (Fsp3) is 0.235. The Morgan fingerprint density at radius 1 is 1.14 bits per heavy atom. The molecule has 2 aliphatic carbocycles. The van der Waals surface area contributed by atoms with E-state index < -0.39 is 56.7 Å². The monoisotopic (exact) mass is 416 g/mol. The minimum absolute atomic E-state index is 0.0706. The van der Waals surface area contributed by atoms with Gasteiger partial charge in [-0.05, 0) is 25.0 Å². The summed E-state index contributed by atoms with van der Waals surface area (Å²) >= 11 is 0. The minimum Gasteiger partial charge on any atom is -0.288 e. The molecule has 0 spiro atoms. The van der Waals surface area contributed by atoms with E-state index in [4.69, 9.17) is 5.21 Å². The molecule has 3 rings (SSSR count). The maximum absolute atomic E-state index is 14.0. The maximum Gasteiger partial charge on any atom is 0.283 e. The van der Waals surface area contributed by atoms with Crippen LogP contribution in [0.4, 0.5) is 17.6 Å². The molecule has 28 heavy (non-hydrogen) atoms. The van der Waals surface area contributed by atoms with Crippen LogP contribution in [0.15, 0.2) is 45.7 Å². The van der Waals surface area contributed by atoms with Gasteiger partial charge in [-0.2, -0.15) is 4.31 Å². The Labute approximate surface area is 156 Å². The molecular formula is C17H12F4N2O4S. The molecule has 0 saturated heterocycles. The predicted molar refractivity (Wildman–Crippen MR) is 86.3 cm³/mol. The molecule has 11 heteroatoms. The summed E-state index contributed by atoms with van der Waals surface area (Å²) < 4.78 is 81.3. The van der Waals surface area contributed by atoms with Crippen LogP contribution in [-0.2, 0) is 14.8 Å². The second kappa shape index (κ2) is 7.38. The molecule has 0 heterocycles.